The van der Waals surface area contributed by atoms with Gasteiger partial charge in [-0.1, -0.05) is 0 Å². The second-order valence-electron chi connectivity index (χ2n) is 5.34. The van der Waals surface area contributed by atoms with Gasteiger partial charge in [-0.05, 0) is 49.2 Å². The van der Waals surface area contributed by atoms with Crippen molar-refractivity contribution >= 4 is 17.6 Å². The Balaban J connectivity index is 2.29. The number of aromatic nitrogens is 1. The van der Waals surface area contributed by atoms with E-state index in [-0.39, 0.29) is 5.82 Å². The molecule has 1 aromatic rings. The molecule has 116 valence electrons. The van der Waals surface area contributed by atoms with Gasteiger partial charge in [-0.2, -0.15) is 0 Å². The molecule has 1 aromatic heterocycles. The number of carbonyl (C=O) groups excluding carboxylic acids is 1. The Labute approximate surface area is 123 Å². The molecule has 2 N–H and O–H groups in total. The van der Waals surface area contributed by atoms with Crippen molar-refractivity contribution in [2.75, 3.05) is 18.4 Å². The van der Waals surface area contributed by atoms with E-state index >= 15 is 0 Å². The van der Waals surface area contributed by atoms with E-state index in [1.807, 2.05) is 0 Å². The zero-order valence-corrected chi connectivity index (χ0v) is 12.4. The van der Waals surface area contributed by atoms with Gasteiger partial charge in [0.05, 0.1) is 0 Å². The highest BCUT2D eigenvalue weighted by Crippen LogP contribution is 2.19. The lowest BCUT2D eigenvalue weighted by atomic mass is 10.2. The number of amides is 1. The molecule has 0 spiro atoms. The third-order valence-corrected chi connectivity index (χ3v) is 2.30. The maximum Gasteiger partial charge on any atom is 0.407 e. The molecule has 8 heteroatoms. The van der Waals surface area contributed by atoms with E-state index in [9.17, 15) is 14.9 Å². The van der Waals surface area contributed by atoms with Gasteiger partial charge in [0.15, 0.2) is 0 Å². The number of nitro groups is 1. The Hall–Kier alpha value is -2.38. The molecule has 0 aromatic carbocycles. The van der Waals surface area contributed by atoms with Gasteiger partial charge < -0.3 is 25.5 Å². The van der Waals surface area contributed by atoms with E-state index in [1.54, 1.807) is 32.9 Å². The van der Waals surface area contributed by atoms with Crippen LogP contribution in [0.4, 0.5) is 16.3 Å². The maximum absolute atomic E-state index is 11.4. The summed E-state index contributed by atoms with van der Waals surface area (Å²) in [6.07, 6.45) is 1.49. The topological polar surface area (TPSA) is 106 Å². The van der Waals surface area contributed by atoms with Crippen LogP contribution < -0.4 is 10.6 Å². The standard InChI is InChI=1S/C13H20N4O4/c1-13(2,3)21-12(18)16-9-5-8-14-10-6-4-7-15-11(10)17(19)20/h4,6-7,14H,5,8-9H2,1-3H3,(H,16,18). The molecule has 0 aliphatic rings. The van der Waals surface area contributed by atoms with Gasteiger partial charge in [0.1, 0.15) is 17.5 Å². The van der Waals surface area contributed by atoms with Crippen LogP contribution in [0.1, 0.15) is 27.2 Å². The molecule has 0 unspecified atom stereocenters. The molecule has 0 fully saturated rings. The Morgan fingerprint density at radius 2 is 2.14 bits per heavy atom. The summed E-state index contributed by atoms with van der Waals surface area (Å²) in [6.45, 7) is 6.25. The third kappa shape index (κ3) is 6.55. The van der Waals surface area contributed by atoms with Crippen LogP contribution in [0.25, 0.3) is 0 Å². The minimum atomic E-state index is -0.540. The van der Waals surface area contributed by atoms with Gasteiger partial charge in [-0.15, -0.1) is 0 Å². The van der Waals surface area contributed by atoms with Gasteiger partial charge in [-0.25, -0.2) is 4.79 Å². The highest BCUT2D eigenvalue weighted by Gasteiger charge is 2.15. The smallest absolute Gasteiger partial charge is 0.407 e. The number of hydrogen-bond acceptors (Lipinski definition) is 6. The number of pyridine rings is 1. The van der Waals surface area contributed by atoms with Crippen molar-refractivity contribution in [2.45, 2.75) is 32.8 Å². The number of nitrogens with zero attached hydrogens (tertiary/aromatic N) is 2. The van der Waals surface area contributed by atoms with E-state index in [1.165, 1.54) is 6.20 Å². The van der Waals surface area contributed by atoms with E-state index < -0.39 is 16.6 Å². The molecule has 1 heterocycles. The van der Waals surface area contributed by atoms with Gasteiger partial charge in [0.25, 0.3) is 0 Å². The highest BCUT2D eigenvalue weighted by atomic mass is 16.6. The van der Waals surface area contributed by atoms with E-state index in [2.05, 4.69) is 15.6 Å². The molecule has 1 rings (SSSR count). The molecular formula is C13H20N4O4. The molecule has 1 amide bonds. The number of nitrogens with one attached hydrogen (secondary N) is 2. The van der Waals surface area contributed by atoms with Crippen molar-refractivity contribution in [2.24, 2.45) is 0 Å². The number of rotatable bonds is 6. The van der Waals surface area contributed by atoms with Gasteiger partial charge in [-0.3, -0.25) is 0 Å². The number of alkyl carbamates (subject to hydrolysis) is 1. The zero-order valence-electron chi connectivity index (χ0n) is 12.4. The van der Waals surface area contributed by atoms with E-state index in [0.29, 0.717) is 25.2 Å². The predicted molar refractivity (Wildman–Crippen MR) is 78.2 cm³/mol. The molecular weight excluding hydrogens is 276 g/mol. The monoisotopic (exact) mass is 296 g/mol. The summed E-state index contributed by atoms with van der Waals surface area (Å²) >= 11 is 0. The first-order valence-electron chi connectivity index (χ1n) is 6.60. The van der Waals surface area contributed by atoms with E-state index in [4.69, 9.17) is 4.74 Å². The van der Waals surface area contributed by atoms with Crippen LogP contribution in [0, 0.1) is 10.1 Å². The maximum atomic E-state index is 11.4. The van der Waals surface area contributed by atoms with Gasteiger partial charge in [0.2, 0.25) is 0 Å². The molecule has 0 bridgehead atoms. The summed E-state index contributed by atoms with van der Waals surface area (Å²) in [5.41, 5.74) is -0.168. The molecule has 21 heavy (non-hydrogen) atoms. The van der Waals surface area contributed by atoms with E-state index in [0.717, 1.165) is 0 Å². The summed E-state index contributed by atoms with van der Waals surface area (Å²) in [6, 6.07) is 3.21. The van der Waals surface area contributed by atoms with Crippen molar-refractivity contribution in [3.8, 4) is 0 Å². The second kappa shape index (κ2) is 7.41. The first kappa shape index (κ1) is 16.7. The minimum Gasteiger partial charge on any atom is -0.444 e. The van der Waals surface area contributed by atoms with Gasteiger partial charge >= 0.3 is 11.9 Å². The minimum absolute atomic E-state index is 0.211. The Morgan fingerprint density at radius 1 is 1.43 bits per heavy atom. The zero-order chi connectivity index (χ0) is 15.9. The third-order valence-electron chi connectivity index (χ3n) is 2.30. The Morgan fingerprint density at radius 3 is 2.76 bits per heavy atom. The van der Waals surface area contributed by atoms with Crippen LogP contribution >= 0.6 is 0 Å². The quantitative estimate of drug-likeness (QED) is 0.474. The molecule has 0 aliphatic carbocycles. The fourth-order valence-corrected chi connectivity index (χ4v) is 1.50. The molecule has 0 atom stereocenters. The predicted octanol–water partition coefficient (Wildman–Crippen LogP) is 2.32. The number of ether oxygens (including phenoxy) is 1. The van der Waals surface area contributed by atoms with Crippen LogP contribution in [0.3, 0.4) is 0 Å². The summed E-state index contributed by atoms with van der Waals surface area (Å²) in [5.74, 6) is -0.211. The van der Waals surface area contributed by atoms with Crippen molar-refractivity contribution in [3.05, 3.63) is 28.4 Å². The van der Waals surface area contributed by atoms with Gasteiger partial charge in [0, 0.05) is 13.1 Å². The second-order valence-corrected chi connectivity index (χ2v) is 5.34. The van der Waals surface area contributed by atoms with Crippen LogP contribution in [-0.4, -0.2) is 34.7 Å². The summed E-state index contributed by atoms with van der Waals surface area (Å²) in [5, 5.41) is 16.3. The van der Waals surface area contributed by atoms with Crippen molar-refractivity contribution in [3.63, 3.8) is 0 Å². The number of hydrogen-bond donors (Lipinski definition) is 2. The Bertz CT molecular complexity index is 499. The summed E-state index contributed by atoms with van der Waals surface area (Å²) in [4.78, 5) is 25.3. The summed E-state index contributed by atoms with van der Waals surface area (Å²) < 4.78 is 5.08. The fraction of sp³-hybridized carbons (Fsp3) is 0.538. The molecule has 0 saturated carbocycles. The average molecular weight is 296 g/mol. The number of anilines is 1. The first-order valence-corrected chi connectivity index (χ1v) is 6.60. The first-order chi connectivity index (χ1) is 9.79. The van der Waals surface area contributed by atoms with Crippen LogP contribution in [0.2, 0.25) is 0 Å². The molecule has 8 nitrogen and oxygen atoms in total. The normalized spacial score (nSPS) is 10.8. The largest absolute Gasteiger partial charge is 0.444 e. The van der Waals surface area contributed by atoms with Crippen LogP contribution in [0.5, 0.6) is 0 Å². The van der Waals surface area contributed by atoms with Crippen molar-refractivity contribution in [1.82, 2.24) is 10.3 Å². The fourth-order valence-electron chi connectivity index (χ4n) is 1.50. The lowest BCUT2D eigenvalue weighted by molar-refractivity contribution is -0.388. The highest BCUT2D eigenvalue weighted by molar-refractivity contribution is 5.67. The van der Waals surface area contributed by atoms with Crippen molar-refractivity contribution < 1.29 is 14.5 Å². The molecule has 0 saturated heterocycles. The van der Waals surface area contributed by atoms with Crippen LogP contribution in [0.15, 0.2) is 18.3 Å². The van der Waals surface area contributed by atoms with Crippen LogP contribution in [-0.2, 0) is 4.74 Å². The molecule has 0 radical (unpaired) electrons. The summed E-state index contributed by atoms with van der Waals surface area (Å²) in [7, 11) is 0. The number of carbonyl (C=O) groups is 1. The van der Waals surface area contributed by atoms with Crippen molar-refractivity contribution in [1.29, 1.82) is 0 Å². The molecule has 0 aliphatic heterocycles. The Kier molecular flexibility index (Phi) is 5.89. The lowest BCUT2D eigenvalue weighted by Gasteiger charge is -2.19. The SMILES string of the molecule is CC(C)(C)OC(=O)NCCCNc1cccnc1[N+](=O)[O-]. The lowest BCUT2D eigenvalue weighted by Crippen LogP contribution is -2.33. The average Bonchev–Trinajstić information content (AvgIpc) is 2.36.